The fraction of sp³-hybridized carbons (Fsp3) is 0.765. The molecule has 21 heavy (non-hydrogen) atoms. The number of nitrogens with zero attached hydrogens (tertiary/aromatic N) is 2. The van der Waals surface area contributed by atoms with E-state index >= 15 is 0 Å². The summed E-state index contributed by atoms with van der Waals surface area (Å²) < 4.78 is 0.910. The average molecular weight is 350 g/mol. The molecule has 0 spiro atoms. The Bertz CT molecular complexity index is 508. The highest BCUT2D eigenvalue weighted by Crippen LogP contribution is 2.56. The molecule has 3 nitrogen and oxygen atoms in total. The van der Waals surface area contributed by atoms with Crippen molar-refractivity contribution in [2.45, 2.75) is 63.8 Å². The van der Waals surface area contributed by atoms with E-state index < -0.39 is 0 Å². The standard InChI is InChI=1S/C17H24BrN3/c1-2-3-15-19-14(18)7-16(20-15)21-17-8-11-4-12(9-17)6-13(5-11)10-17/h7,11-13H,2-6,8-10H2,1H3,(H,19,20,21). The molecule has 4 heteroatoms. The number of aromatic nitrogens is 2. The Morgan fingerprint density at radius 2 is 1.76 bits per heavy atom. The zero-order valence-corrected chi connectivity index (χ0v) is 14.3. The van der Waals surface area contributed by atoms with Gasteiger partial charge in [-0.2, -0.15) is 0 Å². The molecule has 0 saturated heterocycles. The summed E-state index contributed by atoms with van der Waals surface area (Å²) in [6.07, 6.45) is 10.5. The molecule has 4 saturated carbocycles. The number of nitrogens with one attached hydrogen (secondary N) is 1. The van der Waals surface area contributed by atoms with Crippen LogP contribution in [0.1, 0.15) is 57.7 Å². The molecular formula is C17H24BrN3. The van der Waals surface area contributed by atoms with Crippen molar-refractivity contribution < 1.29 is 0 Å². The van der Waals surface area contributed by atoms with Crippen LogP contribution in [0.2, 0.25) is 0 Å². The minimum atomic E-state index is 0.325. The molecule has 5 rings (SSSR count). The fourth-order valence-electron chi connectivity index (χ4n) is 5.40. The Balaban J connectivity index is 1.58. The second-order valence-electron chi connectivity index (χ2n) is 7.57. The molecule has 0 radical (unpaired) electrons. The molecule has 0 aromatic carbocycles. The van der Waals surface area contributed by atoms with Gasteiger partial charge in [0.25, 0.3) is 0 Å². The van der Waals surface area contributed by atoms with Crippen molar-refractivity contribution in [2.24, 2.45) is 17.8 Å². The fourth-order valence-corrected chi connectivity index (χ4v) is 5.82. The highest BCUT2D eigenvalue weighted by Gasteiger charge is 2.51. The Kier molecular flexibility index (Phi) is 3.48. The molecule has 1 aromatic rings. The van der Waals surface area contributed by atoms with Gasteiger partial charge < -0.3 is 5.32 Å². The smallest absolute Gasteiger partial charge is 0.132 e. The number of anilines is 1. The Labute approximate surface area is 135 Å². The van der Waals surface area contributed by atoms with Crippen molar-refractivity contribution in [2.75, 3.05) is 5.32 Å². The van der Waals surface area contributed by atoms with Gasteiger partial charge in [0.15, 0.2) is 0 Å². The number of hydrogen-bond donors (Lipinski definition) is 1. The lowest BCUT2D eigenvalue weighted by molar-refractivity contribution is 0.0105. The number of rotatable bonds is 4. The topological polar surface area (TPSA) is 37.8 Å². The van der Waals surface area contributed by atoms with Gasteiger partial charge in [-0.05, 0) is 78.6 Å². The van der Waals surface area contributed by atoms with Gasteiger partial charge in [0.2, 0.25) is 0 Å². The maximum Gasteiger partial charge on any atom is 0.132 e. The van der Waals surface area contributed by atoms with E-state index in [4.69, 9.17) is 4.98 Å². The van der Waals surface area contributed by atoms with Crippen LogP contribution in [0.15, 0.2) is 10.7 Å². The minimum absolute atomic E-state index is 0.325. The summed E-state index contributed by atoms with van der Waals surface area (Å²) in [5.74, 6) is 4.87. The van der Waals surface area contributed by atoms with E-state index in [1.54, 1.807) is 0 Å². The second kappa shape index (κ2) is 5.22. The molecule has 4 fully saturated rings. The zero-order valence-electron chi connectivity index (χ0n) is 12.7. The summed E-state index contributed by atoms with van der Waals surface area (Å²) in [6, 6.07) is 2.05. The lowest BCUT2D eigenvalue weighted by atomic mass is 9.53. The molecule has 4 bridgehead atoms. The summed E-state index contributed by atoms with van der Waals surface area (Å²) in [7, 11) is 0. The molecule has 0 aliphatic heterocycles. The quantitative estimate of drug-likeness (QED) is 0.808. The lowest BCUT2D eigenvalue weighted by Crippen LogP contribution is -2.54. The van der Waals surface area contributed by atoms with Crippen molar-refractivity contribution in [1.82, 2.24) is 9.97 Å². The monoisotopic (exact) mass is 349 g/mol. The third kappa shape index (κ3) is 2.71. The van der Waals surface area contributed by atoms with Crippen LogP contribution in [-0.2, 0) is 6.42 Å². The van der Waals surface area contributed by atoms with E-state index in [-0.39, 0.29) is 0 Å². The minimum Gasteiger partial charge on any atom is -0.364 e. The predicted molar refractivity (Wildman–Crippen MR) is 88.3 cm³/mol. The van der Waals surface area contributed by atoms with Gasteiger partial charge in [0.1, 0.15) is 16.2 Å². The molecule has 0 atom stereocenters. The van der Waals surface area contributed by atoms with Crippen molar-refractivity contribution >= 4 is 21.7 Å². The van der Waals surface area contributed by atoms with Crippen LogP contribution < -0.4 is 5.32 Å². The first-order valence-corrected chi connectivity index (χ1v) is 9.25. The van der Waals surface area contributed by atoms with Crippen LogP contribution in [-0.4, -0.2) is 15.5 Å². The van der Waals surface area contributed by atoms with E-state index in [1.165, 1.54) is 38.5 Å². The van der Waals surface area contributed by atoms with Crippen LogP contribution in [0.4, 0.5) is 5.82 Å². The van der Waals surface area contributed by atoms with Crippen molar-refractivity contribution in [3.8, 4) is 0 Å². The zero-order chi connectivity index (χ0) is 14.4. The predicted octanol–water partition coefficient (Wildman–Crippen LogP) is 4.57. The Morgan fingerprint density at radius 1 is 1.14 bits per heavy atom. The van der Waals surface area contributed by atoms with Crippen LogP contribution in [0.3, 0.4) is 0 Å². The van der Waals surface area contributed by atoms with Gasteiger partial charge in [-0.3, -0.25) is 0 Å². The molecule has 114 valence electrons. The first kappa shape index (κ1) is 14.0. The third-order valence-corrected chi connectivity index (χ3v) is 6.05. The normalized spacial score (nSPS) is 37.0. The van der Waals surface area contributed by atoms with Gasteiger partial charge in [0.05, 0.1) is 0 Å². The van der Waals surface area contributed by atoms with Crippen LogP contribution in [0, 0.1) is 17.8 Å². The van der Waals surface area contributed by atoms with E-state index in [9.17, 15) is 0 Å². The summed E-state index contributed by atoms with van der Waals surface area (Å²) in [5.41, 5.74) is 0.325. The van der Waals surface area contributed by atoms with Gasteiger partial charge in [-0.1, -0.05) is 6.92 Å². The number of aryl methyl sites for hydroxylation is 1. The molecular weight excluding hydrogens is 326 g/mol. The largest absolute Gasteiger partial charge is 0.364 e. The highest BCUT2D eigenvalue weighted by atomic mass is 79.9. The van der Waals surface area contributed by atoms with Gasteiger partial charge in [-0.15, -0.1) is 0 Å². The lowest BCUT2D eigenvalue weighted by Gasteiger charge is -2.57. The maximum absolute atomic E-state index is 4.75. The van der Waals surface area contributed by atoms with E-state index in [0.717, 1.165) is 46.8 Å². The first-order valence-electron chi connectivity index (χ1n) is 8.46. The molecule has 4 aliphatic rings. The number of hydrogen-bond acceptors (Lipinski definition) is 3. The van der Waals surface area contributed by atoms with E-state index in [1.807, 2.05) is 0 Å². The van der Waals surface area contributed by atoms with E-state index in [2.05, 4.69) is 39.2 Å². The molecule has 0 unspecified atom stereocenters. The first-order chi connectivity index (χ1) is 10.1. The SMILES string of the molecule is CCCc1nc(Br)cc(NC23CC4CC(CC(C4)C2)C3)n1. The van der Waals surface area contributed by atoms with Crippen LogP contribution in [0.5, 0.6) is 0 Å². The maximum atomic E-state index is 4.75. The second-order valence-corrected chi connectivity index (χ2v) is 8.38. The molecule has 1 N–H and O–H groups in total. The molecule has 1 heterocycles. The van der Waals surface area contributed by atoms with Gasteiger partial charge >= 0.3 is 0 Å². The van der Waals surface area contributed by atoms with Gasteiger partial charge in [-0.25, -0.2) is 9.97 Å². The van der Waals surface area contributed by atoms with Crippen LogP contribution in [0.25, 0.3) is 0 Å². The summed E-state index contributed by atoms with van der Waals surface area (Å²) in [6.45, 7) is 2.18. The van der Waals surface area contributed by atoms with Gasteiger partial charge in [0, 0.05) is 18.0 Å². The third-order valence-electron chi connectivity index (χ3n) is 5.65. The van der Waals surface area contributed by atoms with E-state index in [0.29, 0.717) is 5.54 Å². The van der Waals surface area contributed by atoms with Crippen molar-refractivity contribution in [1.29, 1.82) is 0 Å². The molecule has 1 aromatic heterocycles. The summed E-state index contributed by atoms with van der Waals surface area (Å²) in [4.78, 5) is 9.23. The van der Waals surface area contributed by atoms with Crippen molar-refractivity contribution in [3.63, 3.8) is 0 Å². The van der Waals surface area contributed by atoms with Crippen LogP contribution >= 0.6 is 15.9 Å². The Morgan fingerprint density at radius 3 is 2.33 bits per heavy atom. The van der Waals surface area contributed by atoms with Crippen molar-refractivity contribution in [3.05, 3.63) is 16.5 Å². The average Bonchev–Trinajstić information content (AvgIpc) is 2.35. The Hall–Kier alpha value is -0.640. The molecule has 0 amide bonds. The summed E-state index contributed by atoms with van der Waals surface area (Å²) in [5, 5.41) is 3.85. The highest BCUT2D eigenvalue weighted by molar-refractivity contribution is 9.10. The number of halogens is 1. The summed E-state index contributed by atoms with van der Waals surface area (Å²) >= 11 is 3.54. The molecule has 4 aliphatic carbocycles.